The summed E-state index contributed by atoms with van der Waals surface area (Å²) in [5.41, 5.74) is 0.782. The van der Waals surface area contributed by atoms with Crippen LogP contribution in [0.1, 0.15) is 19.4 Å². The van der Waals surface area contributed by atoms with Crippen molar-refractivity contribution in [3.05, 3.63) is 29.8 Å². The van der Waals surface area contributed by atoms with Gasteiger partial charge in [-0.05, 0) is 23.6 Å². The molecule has 1 rings (SSSR count). The fraction of sp³-hybridized carbons (Fsp3) is 0.429. The highest BCUT2D eigenvalue weighted by atomic mass is 16.5. The number of carbonyl (C=O) groups is 2. The molecule has 5 heteroatoms. The summed E-state index contributed by atoms with van der Waals surface area (Å²) in [4.78, 5) is 22.8. The van der Waals surface area contributed by atoms with Crippen LogP contribution in [0.5, 0.6) is 5.75 Å². The van der Waals surface area contributed by atoms with Crippen molar-refractivity contribution in [2.75, 3.05) is 7.11 Å². The van der Waals surface area contributed by atoms with Crippen molar-refractivity contribution >= 4 is 11.9 Å². The van der Waals surface area contributed by atoms with Gasteiger partial charge >= 0.3 is 5.97 Å². The van der Waals surface area contributed by atoms with Gasteiger partial charge in [0.15, 0.2) is 0 Å². The maximum absolute atomic E-state index is 11.8. The number of rotatable bonds is 6. The van der Waals surface area contributed by atoms with Crippen LogP contribution >= 0.6 is 0 Å². The predicted molar refractivity (Wildman–Crippen MR) is 71.1 cm³/mol. The molecule has 0 spiro atoms. The maximum Gasteiger partial charge on any atom is 0.326 e. The van der Waals surface area contributed by atoms with Gasteiger partial charge in [-0.1, -0.05) is 26.0 Å². The Bertz CT molecular complexity index is 457. The summed E-state index contributed by atoms with van der Waals surface area (Å²) < 4.78 is 5.07. The Labute approximate surface area is 112 Å². The number of carboxylic acid groups (broad SMARTS) is 1. The van der Waals surface area contributed by atoms with Gasteiger partial charge < -0.3 is 15.2 Å². The van der Waals surface area contributed by atoms with E-state index in [0.29, 0.717) is 5.75 Å². The number of ether oxygens (including phenoxy) is 1. The molecule has 0 heterocycles. The number of benzene rings is 1. The van der Waals surface area contributed by atoms with E-state index in [9.17, 15) is 9.59 Å². The van der Waals surface area contributed by atoms with Crippen molar-refractivity contribution in [2.24, 2.45) is 5.92 Å². The zero-order chi connectivity index (χ0) is 14.4. The molecule has 0 saturated carbocycles. The van der Waals surface area contributed by atoms with E-state index in [2.05, 4.69) is 5.32 Å². The quantitative estimate of drug-likeness (QED) is 0.816. The lowest BCUT2D eigenvalue weighted by molar-refractivity contribution is -0.143. The lowest BCUT2D eigenvalue weighted by atomic mass is 10.0. The van der Waals surface area contributed by atoms with E-state index in [-0.39, 0.29) is 18.2 Å². The monoisotopic (exact) mass is 265 g/mol. The Hall–Kier alpha value is -2.04. The second-order valence-electron chi connectivity index (χ2n) is 4.66. The Kier molecular flexibility index (Phi) is 5.36. The molecule has 1 aromatic rings. The van der Waals surface area contributed by atoms with Gasteiger partial charge in [-0.2, -0.15) is 0 Å². The molecule has 5 nitrogen and oxygen atoms in total. The Morgan fingerprint density at radius 1 is 1.37 bits per heavy atom. The molecule has 104 valence electrons. The third-order valence-electron chi connectivity index (χ3n) is 2.75. The number of carbonyl (C=O) groups excluding carboxylic acids is 1. The maximum atomic E-state index is 11.8. The van der Waals surface area contributed by atoms with Crippen molar-refractivity contribution in [3.63, 3.8) is 0 Å². The summed E-state index contributed by atoms with van der Waals surface area (Å²) in [6, 6.07) is 6.27. The summed E-state index contributed by atoms with van der Waals surface area (Å²) in [5, 5.41) is 11.5. The average Bonchev–Trinajstić information content (AvgIpc) is 2.35. The number of hydrogen-bond donors (Lipinski definition) is 2. The van der Waals surface area contributed by atoms with E-state index < -0.39 is 12.0 Å². The molecule has 1 aromatic carbocycles. The molecule has 0 saturated heterocycles. The van der Waals surface area contributed by atoms with E-state index in [0.717, 1.165) is 5.56 Å². The van der Waals surface area contributed by atoms with Gasteiger partial charge in [0.1, 0.15) is 11.8 Å². The van der Waals surface area contributed by atoms with Crippen LogP contribution in [-0.4, -0.2) is 30.1 Å². The van der Waals surface area contributed by atoms with Crippen LogP contribution in [0.15, 0.2) is 24.3 Å². The van der Waals surface area contributed by atoms with Crippen LogP contribution in [-0.2, 0) is 16.0 Å². The van der Waals surface area contributed by atoms with Crippen LogP contribution in [0.2, 0.25) is 0 Å². The fourth-order valence-electron chi connectivity index (χ4n) is 1.71. The number of nitrogens with one attached hydrogen (secondary N) is 1. The SMILES string of the molecule is COc1cccc(CC(=O)N[C@@H](C(=O)O)C(C)C)c1. The highest BCUT2D eigenvalue weighted by Gasteiger charge is 2.23. The highest BCUT2D eigenvalue weighted by Crippen LogP contribution is 2.13. The molecule has 2 N–H and O–H groups in total. The van der Waals surface area contributed by atoms with Crippen molar-refractivity contribution in [1.82, 2.24) is 5.32 Å². The van der Waals surface area contributed by atoms with Gasteiger partial charge in [0.05, 0.1) is 13.5 Å². The summed E-state index contributed by atoms with van der Waals surface area (Å²) in [6.45, 7) is 3.51. The van der Waals surface area contributed by atoms with Crippen molar-refractivity contribution in [2.45, 2.75) is 26.3 Å². The van der Waals surface area contributed by atoms with Gasteiger partial charge in [0.2, 0.25) is 5.91 Å². The van der Waals surface area contributed by atoms with Gasteiger partial charge in [0, 0.05) is 0 Å². The van der Waals surface area contributed by atoms with Crippen molar-refractivity contribution in [1.29, 1.82) is 0 Å². The van der Waals surface area contributed by atoms with Crippen LogP contribution in [0.3, 0.4) is 0 Å². The fourth-order valence-corrected chi connectivity index (χ4v) is 1.71. The summed E-state index contributed by atoms with van der Waals surface area (Å²) in [7, 11) is 1.55. The third kappa shape index (κ3) is 4.62. The van der Waals surface area contributed by atoms with Crippen LogP contribution < -0.4 is 10.1 Å². The molecule has 0 aromatic heterocycles. The topological polar surface area (TPSA) is 75.6 Å². The van der Waals surface area contributed by atoms with Crippen LogP contribution in [0.25, 0.3) is 0 Å². The molecule has 0 unspecified atom stereocenters. The Morgan fingerprint density at radius 2 is 2.05 bits per heavy atom. The van der Waals surface area contributed by atoms with Gasteiger partial charge in [-0.3, -0.25) is 4.79 Å². The van der Waals surface area contributed by atoms with E-state index in [1.165, 1.54) is 0 Å². The van der Waals surface area contributed by atoms with E-state index in [1.807, 2.05) is 0 Å². The smallest absolute Gasteiger partial charge is 0.326 e. The first-order valence-electron chi connectivity index (χ1n) is 6.09. The molecule has 19 heavy (non-hydrogen) atoms. The zero-order valence-corrected chi connectivity index (χ0v) is 11.3. The second kappa shape index (κ2) is 6.78. The van der Waals surface area contributed by atoms with Crippen LogP contribution in [0, 0.1) is 5.92 Å². The van der Waals surface area contributed by atoms with E-state index in [1.54, 1.807) is 45.2 Å². The molecule has 0 fully saturated rings. The van der Waals surface area contributed by atoms with Crippen LogP contribution in [0.4, 0.5) is 0 Å². The minimum absolute atomic E-state index is 0.133. The summed E-state index contributed by atoms with van der Waals surface area (Å²) in [6.07, 6.45) is 0.133. The van der Waals surface area contributed by atoms with Crippen molar-refractivity contribution in [3.8, 4) is 5.75 Å². The molecule has 0 aliphatic heterocycles. The normalized spacial score (nSPS) is 12.0. The molecule has 1 amide bonds. The molecular weight excluding hydrogens is 246 g/mol. The summed E-state index contributed by atoms with van der Waals surface area (Å²) in [5.74, 6) is -0.820. The summed E-state index contributed by atoms with van der Waals surface area (Å²) >= 11 is 0. The molecule has 0 aliphatic carbocycles. The number of amides is 1. The molecular formula is C14H19NO4. The molecule has 0 radical (unpaired) electrons. The zero-order valence-electron chi connectivity index (χ0n) is 11.3. The number of methoxy groups -OCH3 is 1. The highest BCUT2D eigenvalue weighted by molar-refractivity contribution is 5.85. The van der Waals surface area contributed by atoms with Crippen molar-refractivity contribution < 1.29 is 19.4 Å². The largest absolute Gasteiger partial charge is 0.497 e. The molecule has 0 aliphatic rings. The first-order chi connectivity index (χ1) is 8.93. The van der Waals surface area contributed by atoms with E-state index in [4.69, 9.17) is 9.84 Å². The molecule has 0 bridgehead atoms. The first kappa shape index (κ1) is 15.0. The minimum atomic E-state index is -1.02. The second-order valence-corrected chi connectivity index (χ2v) is 4.66. The Morgan fingerprint density at radius 3 is 2.58 bits per heavy atom. The number of carboxylic acids is 1. The number of aliphatic carboxylic acids is 1. The minimum Gasteiger partial charge on any atom is -0.497 e. The van der Waals surface area contributed by atoms with Gasteiger partial charge in [-0.25, -0.2) is 4.79 Å². The lowest BCUT2D eigenvalue weighted by Crippen LogP contribution is -2.44. The van der Waals surface area contributed by atoms with Gasteiger partial charge in [0.25, 0.3) is 0 Å². The standard InChI is InChI=1S/C14H19NO4/c1-9(2)13(14(17)18)15-12(16)8-10-5-4-6-11(7-10)19-3/h4-7,9,13H,8H2,1-3H3,(H,15,16)(H,17,18)/t13-/m1/s1. The lowest BCUT2D eigenvalue weighted by Gasteiger charge is -2.17. The van der Waals surface area contributed by atoms with Gasteiger partial charge in [-0.15, -0.1) is 0 Å². The number of hydrogen-bond acceptors (Lipinski definition) is 3. The van der Waals surface area contributed by atoms with E-state index >= 15 is 0 Å². The first-order valence-corrected chi connectivity index (χ1v) is 6.09. The predicted octanol–water partition coefficient (Wildman–Crippen LogP) is 1.46. The average molecular weight is 265 g/mol. The Balaban J connectivity index is 2.66. The third-order valence-corrected chi connectivity index (χ3v) is 2.75. The molecule has 1 atom stereocenters.